The fraction of sp³-hybridized carbons (Fsp3) is 0.700. The molecule has 0 spiro atoms. The van der Waals surface area contributed by atoms with Gasteiger partial charge in [0, 0.05) is 11.6 Å². The van der Waals surface area contributed by atoms with Crippen LogP contribution < -0.4 is 5.32 Å². The van der Waals surface area contributed by atoms with Gasteiger partial charge in [-0.15, -0.1) is 0 Å². The van der Waals surface area contributed by atoms with Crippen LogP contribution in [0.15, 0.2) is 30.3 Å². The molecule has 0 aliphatic rings. The molecule has 0 aliphatic carbocycles. The van der Waals surface area contributed by atoms with E-state index in [9.17, 15) is 0 Å². The molecular formula is C20H36N2. The minimum atomic E-state index is 0.245. The summed E-state index contributed by atoms with van der Waals surface area (Å²) in [7, 11) is 0. The molecule has 1 unspecified atom stereocenters. The maximum absolute atomic E-state index is 3.87. The van der Waals surface area contributed by atoms with Gasteiger partial charge < -0.3 is 5.32 Å². The molecule has 0 aromatic heterocycles. The predicted octanol–water partition coefficient (Wildman–Crippen LogP) is 4.50. The minimum absolute atomic E-state index is 0.245. The summed E-state index contributed by atoms with van der Waals surface area (Å²) in [5.74, 6) is 0. The summed E-state index contributed by atoms with van der Waals surface area (Å²) in [6, 6.07) is 11.4. The zero-order chi connectivity index (χ0) is 16.4. The molecule has 0 fully saturated rings. The fourth-order valence-corrected chi connectivity index (χ4v) is 3.88. The van der Waals surface area contributed by atoms with Crippen LogP contribution in [0.4, 0.5) is 0 Å². The van der Waals surface area contributed by atoms with Gasteiger partial charge in [-0.05, 0) is 50.9 Å². The first-order chi connectivity index (χ1) is 10.7. The Morgan fingerprint density at radius 2 is 1.55 bits per heavy atom. The van der Waals surface area contributed by atoms with E-state index >= 15 is 0 Å². The van der Waals surface area contributed by atoms with Gasteiger partial charge in [0.05, 0.1) is 0 Å². The summed E-state index contributed by atoms with van der Waals surface area (Å²) in [6.45, 7) is 14.9. The van der Waals surface area contributed by atoms with E-state index in [1.165, 1.54) is 24.8 Å². The molecule has 0 heterocycles. The van der Waals surface area contributed by atoms with Crippen LogP contribution in [0.3, 0.4) is 0 Å². The number of nitrogens with zero attached hydrogens (tertiary/aromatic N) is 1. The van der Waals surface area contributed by atoms with E-state index in [0.29, 0.717) is 6.04 Å². The molecule has 1 atom stereocenters. The van der Waals surface area contributed by atoms with Gasteiger partial charge in [-0.25, -0.2) is 0 Å². The normalized spacial score (nSPS) is 13.5. The Kier molecular flexibility index (Phi) is 8.74. The lowest BCUT2D eigenvalue weighted by molar-refractivity contribution is 0.0492. The molecule has 2 nitrogen and oxygen atoms in total. The number of benzene rings is 1. The Labute approximate surface area is 138 Å². The third kappa shape index (κ3) is 4.57. The van der Waals surface area contributed by atoms with Gasteiger partial charge in [-0.1, -0.05) is 65.0 Å². The molecule has 1 rings (SSSR count). The third-order valence-corrected chi connectivity index (χ3v) is 5.19. The molecule has 0 saturated heterocycles. The van der Waals surface area contributed by atoms with Crippen molar-refractivity contribution in [2.24, 2.45) is 0 Å². The van der Waals surface area contributed by atoms with Crippen molar-refractivity contribution in [3.63, 3.8) is 0 Å². The van der Waals surface area contributed by atoms with E-state index in [0.717, 1.165) is 26.1 Å². The Hall–Kier alpha value is -0.860. The van der Waals surface area contributed by atoms with Crippen LogP contribution in [0.5, 0.6) is 0 Å². The Morgan fingerprint density at radius 1 is 0.955 bits per heavy atom. The highest BCUT2D eigenvalue weighted by molar-refractivity contribution is 5.18. The van der Waals surface area contributed by atoms with Crippen LogP contribution in [0.25, 0.3) is 0 Å². The maximum atomic E-state index is 3.87. The van der Waals surface area contributed by atoms with Crippen molar-refractivity contribution in [1.29, 1.82) is 0 Å². The van der Waals surface area contributed by atoms with E-state index in [1.807, 2.05) is 0 Å². The fourth-order valence-electron chi connectivity index (χ4n) is 3.88. The van der Waals surface area contributed by atoms with E-state index in [2.05, 4.69) is 75.2 Å². The number of hydrogen-bond donors (Lipinski definition) is 1. The maximum Gasteiger partial charge on any atom is 0.0360 e. The lowest BCUT2D eigenvalue weighted by Gasteiger charge is -2.48. The van der Waals surface area contributed by atoms with Gasteiger partial charge >= 0.3 is 0 Å². The monoisotopic (exact) mass is 304 g/mol. The standard InChI is InChI=1S/C20H36N2/c1-6-16-21-19(17-18-14-12-11-13-15-18)20(7-2,8-3)22(9-4)10-5/h11-15,19,21H,6-10,16-17H2,1-5H3. The topological polar surface area (TPSA) is 15.3 Å². The van der Waals surface area contributed by atoms with Gasteiger partial charge in [-0.3, -0.25) is 4.90 Å². The van der Waals surface area contributed by atoms with E-state index in [-0.39, 0.29) is 5.54 Å². The van der Waals surface area contributed by atoms with E-state index in [1.54, 1.807) is 0 Å². The van der Waals surface area contributed by atoms with Crippen molar-refractivity contribution in [2.45, 2.75) is 71.9 Å². The summed E-state index contributed by atoms with van der Waals surface area (Å²) >= 11 is 0. The van der Waals surface area contributed by atoms with Crippen LogP contribution in [0.2, 0.25) is 0 Å². The highest BCUT2D eigenvalue weighted by atomic mass is 15.2. The van der Waals surface area contributed by atoms with E-state index in [4.69, 9.17) is 0 Å². The van der Waals surface area contributed by atoms with Crippen molar-refractivity contribution < 1.29 is 0 Å². The second-order valence-corrected chi connectivity index (χ2v) is 6.18. The number of likely N-dealkylation sites (N-methyl/N-ethyl adjacent to an activating group) is 1. The Bertz CT molecular complexity index is 380. The molecule has 22 heavy (non-hydrogen) atoms. The first-order valence-electron chi connectivity index (χ1n) is 9.20. The molecule has 126 valence electrons. The third-order valence-electron chi connectivity index (χ3n) is 5.19. The summed E-state index contributed by atoms with van der Waals surface area (Å²) in [6.07, 6.45) is 4.69. The summed E-state index contributed by atoms with van der Waals surface area (Å²) in [5, 5.41) is 3.87. The van der Waals surface area contributed by atoms with Gasteiger partial charge in [0.1, 0.15) is 0 Å². The Morgan fingerprint density at radius 3 is 2.00 bits per heavy atom. The van der Waals surface area contributed by atoms with E-state index < -0.39 is 0 Å². The first kappa shape index (κ1) is 19.2. The van der Waals surface area contributed by atoms with Crippen LogP contribution in [-0.2, 0) is 6.42 Å². The lowest BCUT2D eigenvalue weighted by Crippen LogP contribution is -2.61. The second-order valence-electron chi connectivity index (χ2n) is 6.18. The number of rotatable bonds is 11. The average Bonchev–Trinajstić information content (AvgIpc) is 2.57. The summed E-state index contributed by atoms with van der Waals surface area (Å²) in [5.41, 5.74) is 1.68. The highest BCUT2D eigenvalue weighted by Crippen LogP contribution is 2.30. The van der Waals surface area contributed by atoms with Crippen molar-refractivity contribution in [3.8, 4) is 0 Å². The molecule has 0 amide bonds. The molecule has 1 N–H and O–H groups in total. The van der Waals surface area contributed by atoms with Gasteiger partial charge in [0.2, 0.25) is 0 Å². The Balaban J connectivity index is 3.08. The lowest BCUT2D eigenvalue weighted by atomic mass is 9.79. The molecular weight excluding hydrogens is 268 g/mol. The average molecular weight is 305 g/mol. The van der Waals surface area contributed by atoms with Crippen molar-refractivity contribution in [2.75, 3.05) is 19.6 Å². The molecule has 1 aromatic carbocycles. The molecule has 2 heteroatoms. The highest BCUT2D eigenvalue weighted by Gasteiger charge is 2.39. The zero-order valence-corrected chi connectivity index (χ0v) is 15.4. The number of hydrogen-bond acceptors (Lipinski definition) is 2. The quantitative estimate of drug-likeness (QED) is 0.647. The molecule has 0 aliphatic heterocycles. The van der Waals surface area contributed by atoms with Crippen molar-refractivity contribution in [1.82, 2.24) is 10.2 Å². The van der Waals surface area contributed by atoms with Gasteiger partial charge in [0.15, 0.2) is 0 Å². The smallest absolute Gasteiger partial charge is 0.0360 e. The first-order valence-corrected chi connectivity index (χ1v) is 9.20. The van der Waals surface area contributed by atoms with Crippen molar-refractivity contribution in [3.05, 3.63) is 35.9 Å². The van der Waals surface area contributed by atoms with Gasteiger partial charge in [-0.2, -0.15) is 0 Å². The largest absolute Gasteiger partial charge is 0.312 e. The van der Waals surface area contributed by atoms with Gasteiger partial charge in [0.25, 0.3) is 0 Å². The van der Waals surface area contributed by atoms with Crippen LogP contribution in [0, 0.1) is 0 Å². The molecule has 1 aromatic rings. The second kappa shape index (κ2) is 10.0. The predicted molar refractivity (Wildman–Crippen MR) is 98.5 cm³/mol. The summed E-state index contributed by atoms with van der Waals surface area (Å²) < 4.78 is 0. The minimum Gasteiger partial charge on any atom is -0.312 e. The SMILES string of the molecule is CCCNC(Cc1ccccc1)C(CC)(CC)N(CC)CC. The molecule has 0 saturated carbocycles. The molecule has 0 bridgehead atoms. The zero-order valence-electron chi connectivity index (χ0n) is 15.4. The van der Waals surface area contributed by atoms with Crippen LogP contribution in [-0.4, -0.2) is 36.1 Å². The van der Waals surface area contributed by atoms with Crippen molar-refractivity contribution >= 4 is 0 Å². The van der Waals surface area contributed by atoms with Crippen LogP contribution in [0.1, 0.15) is 59.4 Å². The molecule has 0 radical (unpaired) electrons. The van der Waals surface area contributed by atoms with Crippen LogP contribution >= 0.6 is 0 Å². The summed E-state index contributed by atoms with van der Waals surface area (Å²) in [4.78, 5) is 2.67. The number of nitrogens with one attached hydrogen (secondary N) is 1.